The van der Waals surface area contributed by atoms with Crippen molar-refractivity contribution in [3.8, 4) is 0 Å². The van der Waals surface area contributed by atoms with Gasteiger partial charge in [-0.05, 0) is 43.1 Å². The molecule has 1 aromatic heterocycles. The lowest BCUT2D eigenvalue weighted by atomic mass is 10.2. The fourth-order valence-corrected chi connectivity index (χ4v) is 2.51. The molecule has 7 nitrogen and oxygen atoms in total. The van der Waals surface area contributed by atoms with E-state index >= 15 is 0 Å². The van der Waals surface area contributed by atoms with Gasteiger partial charge in [0, 0.05) is 19.7 Å². The number of anilines is 1. The molecule has 116 valence electrons. The number of aryl methyl sites for hydroxylation is 1. The first-order valence-electron chi connectivity index (χ1n) is 6.68. The number of likely N-dealkylation sites (N-methyl/N-ethyl adjacent to an activating group) is 1. The van der Waals surface area contributed by atoms with Gasteiger partial charge in [-0.25, -0.2) is 9.48 Å². The maximum atomic E-state index is 12.4. The van der Waals surface area contributed by atoms with Gasteiger partial charge in [-0.3, -0.25) is 9.69 Å². The summed E-state index contributed by atoms with van der Waals surface area (Å²) < 4.78 is 7.60. The number of aromatic nitrogens is 2. The third-order valence-electron chi connectivity index (χ3n) is 3.02. The van der Waals surface area contributed by atoms with Gasteiger partial charge >= 0.3 is 6.09 Å². The minimum absolute atomic E-state index is 0.188. The van der Waals surface area contributed by atoms with E-state index in [-0.39, 0.29) is 5.91 Å². The molecule has 1 aliphatic rings. The Kier molecular flexibility index (Phi) is 4.27. The van der Waals surface area contributed by atoms with Gasteiger partial charge in [-0.1, -0.05) is 0 Å². The highest BCUT2D eigenvalue weighted by molar-refractivity contribution is 9.10. The van der Waals surface area contributed by atoms with Crippen LogP contribution in [0.3, 0.4) is 0 Å². The molecule has 1 aliphatic heterocycles. The predicted molar refractivity (Wildman–Crippen MR) is 81.1 cm³/mol. The van der Waals surface area contributed by atoms with Crippen LogP contribution in [0.15, 0.2) is 10.7 Å². The Morgan fingerprint density at radius 3 is 2.81 bits per heavy atom. The van der Waals surface area contributed by atoms with Crippen LogP contribution in [0.5, 0.6) is 0 Å². The number of amides is 2. The van der Waals surface area contributed by atoms with Crippen molar-refractivity contribution in [2.24, 2.45) is 0 Å². The van der Waals surface area contributed by atoms with Crippen molar-refractivity contribution >= 4 is 33.7 Å². The first-order valence-corrected chi connectivity index (χ1v) is 7.47. The van der Waals surface area contributed by atoms with Crippen LogP contribution >= 0.6 is 15.9 Å². The average molecular weight is 359 g/mol. The maximum absolute atomic E-state index is 12.4. The fraction of sp³-hybridized carbons (Fsp3) is 0.615. The first kappa shape index (κ1) is 15.8. The van der Waals surface area contributed by atoms with Crippen LogP contribution in [0.2, 0.25) is 0 Å². The maximum Gasteiger partial charge on any atom is 0.408 e. The number of halogens is 1. The summed E-state index contributed by atoms with van der Waals surface area (Å²) in [7, 11) is 1.66. The predicted octanol–water partition coefficient (Wildman–Crippen LogP) is 1.91. The average Bonchev–Trinajstić information content (AvgIpc) is 2.67. The number of carbonyl (C=O) groups is 2. The molecule has 1 atom stereocenters. The van der Waals surface area contributed by atoms with Crippen LogP contribution in [0.25, 0.3) is 0 Å². The van der Waals surface area contributed by atoms with Crippen LogP contribution in [-0.4, -0.2) is 40.5 Å². The first-order chi connectivity index (χ1) is 9.67. The van der Waals surface area contributed by atoms with E-state index < -0.39 is 17.7 Å². The van der Waals surface area contributed by atoms with Crippen LogP contribution in [0.4, 0.5) is 10.6 Å². The van der Waals surface area contributed by atoms with Crippen molar-refractivity contribution in [3.05, 3.63) is 10.7 Å². The molecular weight excluding hydrogens is 340 g/mol. The van der Waals surface area contributed by atoms with E-state index in [1.165, 1.54) is 4.90 Å². The van der Waals surface area contributed by atoms with E-state index in [1.54, 1.807) is 38.6 Å². The molecular formula is C13H19BrN4O3. The lowest BCUT2D eigenvalue weighted by Gasteiger charge is -2.24. The normalized spacial score (nSPS) is 19.0. The molecule has 1 aromatic rings. The number of hydrogen-bond acceptors (Lipinski definition) is 4. The topological polar surface area (TPSA) is 76.5 Å². The summed E-state index contributed by atoms with van der Waals surface area (Å²) in [5.41, 5.74) is -0.596. The van der Waals surface area contributed by atoms with Gasteiger partial charge in [0.1, 0.15) is 22.1 Å². The Morgan fingerprint density at radius 1 is 1.52 bits per heavy atom. The van der Waals surface area contributed by atoms with Gasteiger partial charge in [0.05, 0.1) is 0 Å². The van der Waals surface area contributed by atoms with Gasteiger partial charge in [-0.2, -0.15) is 5.10 Å². The third kappa shape index (κ3) is 3.75. The molecule has 0 saturated carbocycles. The number of nitrogens with zero attached hydrogens (tertiary/aromatic N) is 3. The molecule has 8 heteroatoms. The molecule has 0 radical (unpaired) electrons. The molecule has 0 aromatic carbocycles. The Hall–Kier alpha value is -1.57. The number of hydrogen-bond donors (Lipinski definition) is 1. The van der Waals surface area contributed by atoms with Crippen molar-refractivity contribution in [2.75, 3.05) is 11.9 Å². The second-order valence-corrected chi connectivity index (χ2v) is 6.75. The summed E-state index contributed by atoms with van der Waals surface area (Å²) in [5.74, 6) is 0.507. The number of nitrogens with one attached hydrogen (secondary N) is 1. The highest BCUT2D eigenvalue weighted by Crippen LogP contribution is 2.23. The fourth-order valence-electron chi connectivity index (χ4n) is 2.12. The van der Waals surface area contributed by atoms with Crippen LogP contribution in [0, 0.1) is 0 Å². The minimum atomic E-state index is -0.620. The van der Waals surface area contributed by atoms with E-state index in [2.05, 4.69) is 26.3 Å². The standard InChI is InChI=1S/C13H19BrN4O3/c1-13(2,3)21-12(20)15-8-5-6-18-10(7-9(14)16-18)17(4)11(8)19/h7-8H,5-6H2,1-4H3,(H,15,20). The lowest BCUT2D eigenvalue weighted by molar-refractivity contribution is -0.120. The van der Waals surface area contributed by atoms with Crippen molar-refractivity contribution in [1.29, 1.82) is 0 Å². The molecule has 1 unspecified atom stereocenters. The second-order valence-electron chi connectivity index (χ2n) is 5.93. The number of ether oxygens (including phenoxy) is 1. The van der Waals surface area contributed by atoms with Crippen molar-refractivity contribution in [2.45, 2.75) is 45.4 Å². The Bertz CT molecular complexity index is 564. The number of fused-ring (bicyclic) bond motifs is 1. The van der Waals surface area contributed by atoms with Crippen LogP contribution in [0.1, 0.15) is 27.2 Å². The lowest BCUT2D eigenvalue weighted by Crippen LogP contribution is -2.48. The van der Waals surface area contributed by atoms with Crippen LogP contribution < -0.4 is 10.2 Å². The van der Waals surface area contributed by atoms with E-state index in [4.69, 9.17) is 4.74 Å². The van der Waals surface area contributed by atoms with Crippen molar-refractivity contribution < 1.29 is 14.3 Å². The molecule has 0 aliphatic carbocycles. The minimum Gasteiger partial charge on any atom is -0.444 e. The molecule has 0 spiro atoms. The SMILES string of the molecule is CN1C(=O)C(NC(=O)OC(C)(C)C)CCn2nc(Br)cc21. The zero-order valence-corrected chi connectivity index (χ0v) is 14.1. The van der Waals surface area contributed by atoms with Gasteiger partial charge in [0.2, 0.25) is 0 Å². The summed E-state index contributed by atoms with van der Waals surface area (Å²) in [6, 6.07) is 1.15. The molecule has 2 heterocycles. The van der Waals surface area contributed by atoms with Crippen molar-refractivity contribution in [3.63, 3.8) is 0 Å². The summed E-state index contributed by atoms with van der Waals surface area (Å²) in [5, 5.41) is 6.89. The highest BCUT2D eigenvalue weighted by atomic mass is 79.9. The monoisotopic (exact) mass is 358 g/mol. The summed E-state index contributed by atoms with van der Waals surface area (Å²) in [4.78, 5) is 25.7. The van der Waals surface area contributed by atoms with E-state index in [0.717, 1.165) is 0 Å². The number of carbonyl (C=O) groups excluding carboxylic acids is 2. The Labute approximate surface area is 131 Å². The van der Waals surface area contributed by atoms with Gasteiger partial charge in [0.25, 0.3) is 5.91 Å². The zero-order valence-electron chi connectivity index (χ0n) is 12.5. The van der Waals surface area contributed by atoms with E-state index in [9.17, 15) is 9.59 Å². The number of rotatable bonds is 1. The van der Waals surface area contributed by atoms with E-state index in [1.807, 2.05) is 0 Å². The zero-order chi connectivity index (χ0) is 15.8. The molecule has 1 N–H and O–H groups in total. The molecule has 0 bridgehead atoms. The van der Waals surface area contributed by atoms with Gasteiger partial charge in [0.15, 0.2) is 0 Å². The quantitative estimate of drug-likeness (QED) is 0.831. The van der Waals surface area contributed by atoms with Gasteiger partial charge in [-0.15, -0.1) is 0 Å². The number of alkyl carbamates (subject to hydrolysis) is 1. The molecule has 0 saturated heterocycles. The molecule has 21 heavy (non-hydrogen) atoms. The highest BCUT2D eigenvalue weighted by Gasteiger charge is 2.31. The van der Waals surface area contributed by atoms with Crippen molar-refractivity contribution in [1.82, 2.24) is 15.1 Å². The van der Waals surface area contributed by atoms with E-state index in [0.29, 0.717) is 23.4 Å². The largest absolute Gasteiger partial charge is 0.444 e. The second kappa shape index (κ2) is 5.67. The third-order valence-corrected chi connectivity index (χ3v) is 3.41. The van der Waals surface area contributed by atoms with Crippen LogP contribution in [-0.2, 0) is 16.1 Å². The molecule has 0 fully saturated rings. The molecule has 2 rings (SSSR count). The summed E-state index contributed by atoms with van der Waals surface area (Å²) >= 11 is 3.29. The summed E-state index contributed by atoms with van der Waals surface area (Å²) in [6.07, 6.45) is -0.126. The Balaban J connectivity index is 2.09. The Morgan fingerprint density at radius 2 is 2.19 bits per heavy atom. The summed E-state index contributed by atoms with van der Waals surface area (Å²) in [6.45, 7) is 5.87. The van der Waals surface area contributed by atoms with Gasteiger partial charge < -0.3 is 10.1 Å². The smallest absolute Gasteiger partial charge is 0.408 e. The molecule has 2 amide bonds.